The summed E-state index contributed by atoms with van der Waals surface area (Å²) in [6.45, 7) is 2.70. The zero-order chi connectivity index (χ0) is 21.8. The Morgan fingerprint density at radius 1 is 0.938 bits per heavy atom. The molecule has 2 heterocycles. The number of hydrogen-bond acceptors (Lipinski definition) is 4. The summed E-state index contributed by atoms with van der Waals surface area (Å²) in [5, 5.41) is 7.17. The summed E-state index contributed by atoms with van der Waals surface area (Å²) >= 11 is 0. The molecule has 1 aromatic heterocycles. The molecule has 1 saturated heterocycles. The lowest BCUT2D eigenvalue weighted by Gasteiger charge is -2.35. The first kappa shape index (κ1) is 21.0. The van der Waals surface area contributed by atoms with Gasteiger partial charge in [0.05, 0.1) is 6.04 Å². The number of carbonyl (C=O) groups excluding carboxylic acids is 1. The Bertz CT molecular complexity index is 1050. The number of benzene rings is 2. The third-order valence-electron chi connectivity index (χ3n) is 6.85. The molecule has 0 unspecified atom stereocenters. The number of amides is 1. The Hall–Kier alpha value is -2.92. The van der Waals surface area contributed by atoms with Crippen molar-refractivity contribution in [2.75, 3.05) is 19.6 Å². The molecule has 0 saturated carbocycles. The summed E-state index contributed by atoms with van der Waals surface area (Å²) in [7, 11) is 0. The second-order valence-electron chi connectivity index (χ2n) is 9.00. The number of fused-ring (bicyclic) bond motifs is 1. The lowest BCUT2D eigenvalue weighted by molar-refractivity contribution is 0.0915. The Balaban J connectivity index is 1.28. The topological polar surface area (TPSA) is 58.4 Å². The number of aromatic nitrogens is 1. The number of nitrogens with one attached hydrogen (secondary N) is 1. The average molecular weight is 430 g/mol. The minimum atomic E-state index is -0.184. The second-order valence-corrected chi connectivity index (χ2v) is 9.00. The molecule has 0 radical (unpaired) electrons. The molecule has 1 atom stereocenters. The summed E-state index contributed by atoms with van der Waals surface area (Å²) in [6.07, 6.45) is 8.48. The van der Waals surface area contributed by atoms with E-state index in [4.69, 9.17) is 4.52 Å². The Labute approximate surface area is 189 Å². The highest BCUT2D eigenvalue weighted by Gasteiger charge is 2.24. The van der Waals surface area contributed by atoms with Gasteiger partial charge in [-0.3, -0.25) is 9.69 Å². The van der Waals surface area contributed by atoms with Crippen molar-refractivity contribution in [1.29, 1.82) is 0 Å². The SMILES string of the molecule is O=C(NC[C@@H](c1ccccc1)N1CCCCC1)c1cc(-c2ccc3c(c2)CCCC3)on1. The molecule has 166 valence electrons. The first-order valence-corrected chi connectivity index (χ1v) is 11.9. The summed E-state index contributed by atoms with van der Waals surface area (Å²) in [5.41, 5.74) is 5.39. The van der Waals surface area contributed by atoms with Gasteiger partial charge in [0, 0.05) is 18.2 Å². The highest BCUT2D eigenvalue weighted by atomic mass is 16.5. The molecule has 5 heteroatoms. The normalized spacial score (nSPS) is 17.5. The zero-order valence-corrected chi connectivity index (χ0v) is 18.6. The van der Waals surface area contributed by atoms with Gasteiger partial charge in [0.15, 0.2) is 11.5 Å². The second kappa shape index (κ2) is 9.70. The van der Waals surface area contributed by atoms with Crippen molar-refractivity contribution in [3.05, 3.63) is 77.0 Å². The minimum absolute atomic E-state index is 0.174. The van der Waals surface area contributed by atoms with Crippen LogP contribution in [0.15, 0.2) is 59.1 Å². The van der Waals surface area contributed by atoms with Gasteiger partial charge in [-0.15, -0.1) is 0 Å². The maximum absolute atomic E-state index is 12.9. The van der Waals surface area contributed by atoms with Crippen LogP contribution in [0.5, 0.6) is 0 Å². The van der Waals surface area contributed by atoms with Crippen LogP contribution in [0.4, 0.5) is 0 Å². The van der Waals surface area contributed by atoms with E-state index in [2.05, 4.69) is 57.8 Å². The summed E-state index contributed by atoms with van der Waals surface area (Å²) < 4.78 is 5.55. The zero-order valence-electron chi connectivity index (χ0n) is 18.6. The molecule has 32 heavy (non-hydrogen) atoms. The van der Waals surface area contributed by atoms with Crippen LogP contribution in [0.1, 0.15) is 65.3 Å². The Morgan fingerprint density at radius 3 is 2.53 bits per heavy atom. The van der Waals surface area contributed by atoms with Crippen molar-refractivity contribution >= 4 is 5.91 Å². The fourth-order valence-electron chi connectivity index (χ4n) is 5.05. The van der Waals surface area contributed by atoms with E-state index in [1.165, 1.54) is 48.8 Å². The molecule has 2 aliphatic rings. The van der Waals surface area contributed by atoms with Crippen LogP contribution in [0, 0.1) is 0 Å². The summed E-state index contributed by atoms with van der Waals surface area (Å²) in [5.74, 6) is 0.468. The molecule has 5 rings (SSSR count). The number of likely N-dealkylation sites (tertiary alicyclic amines) is 1. The van der Waals surface area contributed by atoms with Crippen molar-refractivity contribution in [1.82, 2.24) is 15.4 Å². The van der Waals surface area contributed by atoms with E-state index < -0.39 is 0 Å². The Morgan fingerprint density at radius 2 is 1.72 bits per heavy atom. The van der Waals surface area contributed by atoms with E-state index in [0.29, 0.717) is 18.0 Å². The van der Waals surface area contributed by atoms with Gasteiger partial charge in [-0.25, -0.2) is 0 Å². The van der Waals surface area contributed by atoms with Gasteiger partial charge in [-0.05, 0) is 74.4 Å². The molecule has 0 spiro atoms. The third-order valence-corrected chi connectivity index (χ3v) is 6.85. The van der Waals surface area contributed by atoms with Crippen molar-refractivity contribution in [2.45, 2.75) is 51.0 Å². The van der Waals surface area contributed by atoms with Crippen LogP contribution in [0.25, 0.3) is 11.3 Å². The number of carbonyl (C=O) groups is 1. The van der Waals surface area contributed by atoms with Gasteiger partial charge < -0.3 is 9.84 Å². The maximum Gasteiger partial charge on any atom is 0.273 e. The molecular formula is C27H31N3O2. The van der Waals surface area contributed by atoms with Gasteiger partial charge >= 0.3 is 0 Å². The van der Waals surface area contributed by atoms with E-state index >= 15 is 0 Å². The molecule has 1 aliphatic carbocycles. The molecule has 1 fully saturated rings. The average Bonchev–Trinajstić information content (AvgIpc) is 3.36. The van der Waals surface area contributed by atoms with Crippen LogP contribution < -0.4 is 5.32 Å². The van der Waals surface area contributed by atoms with E-state index in [-0.39, 0.29) is 11.9 Å². The van der Waals surface area contributed by atoms with Crippen LogP contribution in [0.3, 0.4) is 0 Å². The largest absolute Gasteiger partial charge is 0.355 e. The molecule has 1 N–H and O–H groups in total. The van der Waals surface area contributed by atoms with Gasteiger partial charge in [-0.1, -0.05) is 54.0 Å². The minimum Gasteiger partial charge on any atom is -0.355 e. The molecule has 0 bridgehead atoms. The summed E-state index contributed by atoms with van der Waals surface area (Å²) in [6, 6.07) is 18.9. The molecule has 3 aromatic rings. The number of piperidine rings is 1. The highest BCUT2D eigenvalue weighted by molar-refractivity contribution is 5.93. The van der Waals surface area contributed by atoms with Gasteiger partial charge in [-0.2, -0.15) is 0 Å². The predicted molar refractivity (Wildman–Crippen MR) is 126 cm³/mol. The van der Waals surface area contributed by atoms with E-state index in [1.54, 1.807) is 6.07 Å². The van der Waals surface area contributed by atoms with Crippen LogP contribution >= 0.6 is 0 Å². The third kappa shape index (κ3) is 4.63. The quantitative estimate of drug-likeness (QED) is 0.587. The van der Waals surface area contributed by atoms with Crippen molar-refractivity contribution in [3.8, 4) is 11.3 Å². The number of hydrogen-bond donors (Lipinski definition) is 1. The van der Waals surface area contributed by atoms with E-state index in [0.717, 1.165) is 31.5 Å². The fourth-order valence-corrected chi connectivity index (χ4v) is 5.05. The van der Waals surface area contributed by atoms with Gasteiger partial charge in [0.2, 0.25) is 0 Å². The maximum atomic E-state index is 12.9. The van der Waals surface area contributed by atoms with Crippen LogP contribution in [-0.4, -0.2) is 35.6 Å². The van der Waals surface area contributed by atoms with Crippen molar-refractivity contribution in [2.24, 2.45) is 0 Å². The van der Waals surface area contributed by atoms with Crippen molar-refractivity contribution < 1.29 is 9.32 Å². The first-order valence-electron chi connectivity index (χ1n) is 11.9. The molecule has 5 nitrogen and oxygen atoms in total. The lowest BCUT2D eigenvalue weighted by Crippen LogP contribution is -2.40. The van der Waals surface area contributed by atoms with Crippen LogP contribution in [0.2, 0.25) is 0 Å². The lowest BCUT2D eigenvalue weighted by atomic mass is 9.90. The molecule has 2 aromatic carbocycles. The van der Waals surface area contributed by atoms with Crippen molar-refractivity contribution in [3.63, 3.8) is 0 Å². The predicted octanol–water partition coefficient (Wildman–Crippen LogP) is 5.18. The fraction of sp³-hybridized carbons (Fsp3) is 0.407. The monoisotopic (exact) mass is 429 g/mol. The van der Waals surface area contributed by atoms with E-state index in [9.17, 15) is 4.79 Å². The number of rotatable bonds is 6. The van der Waals surface area contributed by atoms with Crippen LogP contribution in [-0.2, 0) is 12.8 Å². The number of aryl methyl sites for hydroxylation is 2. The van der Waals surface area contributed by atoms with Gasteiger partial charge in [0.1, 0.15) is 0 Å². The first-order chi connectivity index (χ1) is 15.8. The van der Waals surface area contributed by atoms with E-state index in [1.807, 2.05) is 6.07 Å². The summed E-state index contributed by atoms with van der Waals surface area (Å²) in [4.78, 5) is 15.4. The standard InChI is InChI=1S/C27H31N3O2/c31-27(28-19-25(21-10-3-1-4-11-21)30-15-7-2-8-16-30)24-18-26(32-29-24)23-14-13-20-9-5-6-12-22(20)17-23/h1,3-4,10-11,13-14,17-18,25H,2,5-9,12,15-16,19H2,(H,28,31)/t25-/m0/s1. The smallest absolute Gasteiger partial charge is 0.273 e. The molecule has 1 amide bonds. The molecular weight excluding hydrogens is 398 g/mol. The Kier molecular flexibility index (Phi) is 6.35. The highest BCUT2D eigenvalue weighted by Crippen LogP contribution is 2.28. The van der Waals surface area contributed by atoms with Gasteiger partial charge in [0.25, 0.3) is 5.91 Å². The number of nitrogens with zero attached hydrogens (tertiary/aromatic N) is 2. The molecule has 1 aliphatic heterocycles.